The molecule has 3 aromatic rings. The van der Waals surface area contributed by atoms with Crippen molar-refractivity contribution in [2.75, 3.05) is 18.6 Å². The largest absolute Gasteiger partial charge is 0.477 e. The van der Waals surface area contributed by atoms with Gasteiger partial charge in [-0.2, -0.15) is 8.78 Å². The summed E-state index contributed by atoms with van der Waals surface area (Å²) < 4.78 is 55.2. The van der Waals surface area contributed by atoms with E-state index in [0.29, 0.717) is 27.8 Å². The van der Waals surface area contributed by atoms with Gasteiger partial charge in [0.1, 0.15) is 24.6 Å². The van der Waals surface area contributed by atoms with Gasteiger partial charge in [0.05, 0.1) is 17.1 Å². The van der Waals surface area contributed by atoms with Crippen LogP contribution in [0.5, 0.6) is 0 Å². The summed E-state index contributed by atoms with van der Waals surface area (Å²) in [6, 6.07) is 7.51. The van der Waals surface area contributed by atoms with Gasteiger partial charge in [0, 0.05) is 16.3 Å². The van der Waals surface area contributed by atoms with E-state index in [1.165, 1.54) is 12.1 Å². The molecule has 0 aliphatic carbocycles. The molecule has 0 radical (unpaired) electrons. The Labute approximate surface area is 176 Å². The van der Waals surface area contributed by atoms with Crippen LogP contribution in [0.25, 0.3) is 10.9 Å². The smallest absolute Gasteiger partial charge is 0.379 e. The third kappa shape index (κ3) is 4.42. The Kier molecular flexibility index (Phi) is 5.84. The molecule has 0 amide bonds. The zero-order valence-corrected chi connectivity index (χ0v) is 18.2. The second-order valence-corrected chi connectivity index (χ2v) is 10.8. The maximum absolute atomic E-state index is 14.8. The molecular formula is C21H21F3N3O3P. The van der Waals surface area contributed by atoms with Crippen molar-refractivity contribution in [3.63, 3.8) is 0 Å². The number of aromatic nitrogens is 2. The molecule has 1 atom stereocenters. The molecule has 1 heterocycles. The molecular weight excluding hydrogens is 430 g/mol. The number of benzene rings is 2. The fourth-order valence-electron chi connectivity index (χ4n) is 3.20. The first-order valence-corrected chi connectivity index (χ1v) is 11.9. The fourth-order valence-corrected chi connectivity index (χ4v) is 4.08. The van der Waals surface area contributed by atoms with E-state index in [1.54, 1.807) is 45.4 Å². The highest BCUT2D eigenvalue weighted by atomic mass is 31.2. The highest BCUT2D eigenvalue weighted by Crippen LogP contribution is 2.37. The van der Waals surface area contributed by atoms with Gasteiger partial charge >= 0.3 is 11.9 Å². The van der Waals surface area contributed by atoms with E-state index in [2.05, 4.69) is 15.3 Å². The predicted octanol–water partition coefficient (Wildman–Crippen LogP) is 4.67. The number of aliphatic carboxylic acids is 1. The van der Waals surface area contributed by atoms with Gasteiger partial charge < -0.3 is 15.0 Å². The Bertz CT molecular complexity index is 1230. The average Bonchev–Trinajstić information content (AvgIpc) is 2.66. The Morgan fingerprint density at radius 2 is 1.87 bits per heavy atom. The van der Waals surface area contributed by atoms with E-state index >= 15 is 0 Å². The zero-order chi connectivity index (χ0) is 23.1. The van der Waals surface area contributed by atoms with Gasteiger partial charge in [-0.3, -0.25) is 0 Å². The van der Waals surface area contributed by atoms with Gasteiger partial charge in [-0.05, 0) is 51.4 Å². The number of hydrogen-bond donors (Lipinski definition) is 2. The maximum atomic E-state index is 14.8. The molecule has 1 unspecified atom stereocenters. The maximum Gasteiger partial charge on any atom is 0.379 e. The van der Waals surface area contributed by atoms with Crippen LogP contribution in [0.3, 0.4) is 0 Å². The molecule has 0 fully saturated rings. The van der Waals surface area contributed by atoms with Gasteiger partial charge in [0.2, 0.25) is 0 Å². The van der Waals surface area contributed by atoms with E-state index < -0.39 is 36.5 Å². The number of nitrogens with zero attached hydrogens (tertiary/aromatic N) is 2. The first-order chi connectivity index (χ1) is 14.3. The predicted molar refractivity (Wildman–Crippen MR) is 113 cm³/mol. The Morgan fingerprint density at radius 1 is 1.19 bits per heavy atom. The van der Waals surface area contributed by atoms with Gasteiger partial charge in [0.25, 0.3) is 0 Å². The van der Waals surface area contributed by atoms with Gasteiger partial charge in [-0.15, -0.1) is 0 Å². The summed E-state index contributed by atoms with van der Waals surface area (Å²) in [6.45, 7) is 6.46. The van der Waals surface area contributed by atoms with Crippen molar-refractivity contribution >= 4 is 35.1 Å². The number of alkyl halides is 2. The summed E-state index contributed by atoms with van der Waals surface area (Å²) in [6.07, 6.45) is 0. The minimum Gasteiger partial charge on any atom is -0.477 e. The highest BCUT2D eigenvalue weighted by Gasteiger charge is 2.44. The van der Waals surface area contributed by atoms with Crippen LogP contribution in [0.15, 0.2) is 36.4 Å². The van der Waals surface area contributed by atoms with Gasteiger partial charge in [0.15, 0.2) is 0 Å². The molecule has 0 aliphatic heterocycles. The molecule has 10 heteroatoms. The molecule has 0 spiro atoms. The molecule has 0 aliphatic rings. The van der Waals surface area contributed by atoms with E-state index in [-0.39, 0.29) is 5.56 Å². The monoisotopic (exact) mass is 451 g/mol. The van der Waals surface area contributed by atoms with Crippen molar-refractivity contribution in [1.29, 1.82) is 0 Å². The summed E-state index contributed by atoms with van der Waals surface area (Å²) in [5.41, 5.74) is -0.781. The number of anilines is 1. The summed E-state index contributed by atoms with van der Waals surface area (Å²) in [7, 11) is -2.57. The number of nitrogens with one attached hydrogen (secondary N) is 1. The molecule has 0 saturated carbocycles. The summed E-state index contributed by atoms with van der Waals surface area (Å²) >= 11 is 0. The van der Waals surface area contributed by atoms with Crippen LogP contribution in [0.1, 0.15) is 29.9 Å². The van der Waals surface area contributed by atoms with E-state index in [0.717, 1.165) is 6.07 Å². The molecule has 2 N–H and O–H groups in total. The number of rotatable bonds is 6. The number of carboxylic acids is 1. The van der Waals surface area contributed by atoms with Gasteiger partial charge in [-0.25, -0.2) is 19.2 Å². The van der Waals surface area contributed by atoms with Crippen LogP contribution < -0.4 is 10.6 Å². The Morgan fingerprint density at radius 3 is 2.48 bits per heavy atom. The standard InChI is InChI=1S/C21H21F3N3O3P/c1-11(14-6-5-7-16(18(14)22)21(23,24)20(28)29)25-19-15-10-13(31(3,4)30)8-9-17(15)26-12(2)27-19/h5-11H,1-4H3,(H,28,29)(H,25,26,27). The number of halogens is 3. The van der Waals surface area contributed by atoms with Gasteiger partial charge in [-0.1, -0.05) is 12.1 Å². The molecule has 6 nitrogen and oxygen atoms in total. The number of aryl methyl sites for hydroxylation is 1. The van der Waals surface area contributed by atoms with E-state index in [9.17, 15) is 22.5 Å². The fraction of sp³-hybridized carbons (Fsp3) is 0.286. The number of carbonyl (C=O) groups is 1. The SMILES string of the molecule is Cc1nc(NC(C)c2cccc(C(F)(F)C(=O)O)c2F)c2cc(P(C)(C)=O)ccc2n1. The normalized spacial score (nSPS) is 13.3. The molecule has 0 bridgehead atoms. The molecule has 164 valence electrons. The molecule has 3 rings (SSSR count). The van der Waals surface area contributed by atoms with Crippen molar-refractivity contribution in [2.24, 2.45) is 0 Å². The lowest BCUT2D eigenvalue weighted by Crippen LogP contribution is -2.27. The van der Waals surface area contributed by atoms with Crippen LogP contribution in [0.4, 0.5) is 19.0 Å². The Balaban J connectivity index is 2.07. The highest BCUT2D eigenvalue weighted by molar-refractivity contribution is 7.70. The van der Waals surface area contributed by atoms with E-state index in [4.69, 9.17) is 5.11 Å². The lowest BCUT2D eigenvalue weighted by molar-refractivity contribution is -0.166. The number of fused-ring (bicyclic) bond motifs is 1. The second kappa shape index (κ2) is 7.96. The molecule has 2 aromatic carbocycles. The van der Waals surface area contributed by atoms with Crippen molar-refractivity contribution in [3.05, 3.63) is 59.2 Å². The lowest BCUT2D eigenvalue weighted by Gasteiger charge is -2.20. The molecule has 1 aromatic heterocycles. The van der Waals surface area contributed by atoms with Crippen molar-refractivity contribution in [1.82, 2.24) is 9.97 Å². The third-order valence-electron chi connectivity index (χ3n) is 4.87. The molecule has 31 heavy (non-hydrogen) atoms. The van der Waals surface area contributed by atoms with Crippen molar-refractivity contribution in [3.8, 4) is 0 Å². The first kappa shape index (κ1) is 22.7. The minimum absolute atomic E-state index is 0.143. The van der Waals surface area contributed by atoms with Crippen LogP contribution in [-0.4, -0.2) is 34.4 Å². The Hall–Kier alpha value is -2.93. The summed E-state index contributed by atoms with van der Waals surface area (Å²) in [5, 5.41) is 12.9. The van der Waals surface area contributed by atoms with E-state index in [1.807, 2.05) is 0 Å². The molecule has 0 saturated heterocycles. The average molecular weight is 451 g/mol. The van der Waals surface area contributed by atoms with Crippen LogP contribution in [-0.2, 0) is 15.3 Å². The zero-order valence-electron chi connectivity index (χ0n) is 17.3. The second-order valence-electron chi connectivity index (χ2n) is 7.63. The summed E-state index contributed by atoms with van der Waals surface area (Å²) in [5.74, 6) is -7.36. The minimum atomic E-state index is -4.36. The quantitative estimate of drug-likeness (QED) is 0.529. The topological polar surface area (TPSA) is 92.2 Å². The first-order valence-electron chi connectivity index (χ1n) is 9.33. The van der Waals surface area contributed by atoms with Crippen LogP contribution >= 0.6 is 7.14 Å². The third-order valence-corrected chi connectivity index (χ3v) is 6.39. The van der Waals surface area contributed by atoms with Crippen LogP contribution in [0.2, 0.25) is 0 Å². The number of hydrogen-bond acceptors (Lipinski definition) is 5. The van der Waals surface area contributed by atoms with Crippen LogP contribution in [0, 0.1) is 12.7 Å². The van der Waals surface area contributed by atoms with Crippen molar-refractivity contribution in [2.45, 2.75) is 25.8 Å². The summed E-state index contributed by atoms with van der Waals surface area (Å²) in [4.78, 5) is 19.6. The lowest BCUT2D eigenvalue weighted by atomic mass is 10.00. The number of carboxylic acid groups (broad SMARTS) is 1. The van der Waals surface area contributed by atoms with Crippen molar-refractivity contribution < 1.29 is 27.6 Å².